The highest BCUT2D eigenvalue weighted by atomic mass is 16.4. The molecule has 6 heteroatoms. The van der Waals surface area contributed by atoms with E-state index in [1.165, 1.54) is 0 Å². The molecule has 0 fully saturated rings. The molecular formula is C16H13N3O3. The minimum atomic E-state index is -1.12. The Kier molecular flexibility index (Phi) is 3.65. The first-order valence-electron chi connectivity index (χ1n) is 6.78. The molecule has 110 valence electrons. The van der Waals surface area contributed by atoms with Crippen LogP contribution in [0.1, 0.15) is 11.6 Å². The number of carboxylic acids is 1. The number of benzene rings is 2. The number of hydrogen-bond acceptors (Lipinski definition) is 4. The second-order valence-electron chi connectivity index (χ2n) is 4.90. The fourth-order valence-corrected chi connectivity index (χ4v) is 2.32. The Bertz CT molecular complexity index is 874. The Balaban J connectivity index is 2.07. The summed E-state index contributed by atoms with van der Waals surface area (Å²) in [5.74, 6) is -1.12. The number of rotatable bonds is 4. The summed E-state index contributed by atoms with van der Waals surface area (Å²) in [7, 11) is 0. The Hall–Kier alpha value is -3.02. The molecule has 1 N–H and O–H groups in total. The van der Waals surface area contributed by atoms with Crippen molar-refractivity contribution < 1.29 is 9.90 Å². The maximum Gasteiger partial charge on any atom is 0.329 e. The normalized spacial score (nSPS) is 12.2. The molecule has 0 amide bonds. The summed E-state index contributed by atoms with van der Waals surface area (Å²) < 4.78 is 0.942. The first-order chi connectivity index (χ1) is 10.7. The van der Waals surface area contributed by atoms with Gasteiger partial charge in [-0.2, -0.15) is 4.68 Å². The largest absolute Gasteiger partial charge is 0.480 e. The lowest BCUT2D eigenvalue weighted by atomic mass is 10.1. The van der Waals surface area contributed by atoms with Gasteiger partial charge < -0.3 is 5.11 Å². The van der Waals surface area contributed by atoms with Gasteiger partial charge in [0, 0.05) is 6.42 Å². The number of nitrogens with zero attached hydrogens (tertiary/aromatic N) is 3. The lowest BCUT2D eigenvalue weighted by molar-refractivity contribution is -0.141. The summed E-state index contributed by atoms with van der Waals surface area (Å²) in [6.45, 7) is 0. The van der Waals surface area contributed by atoms with Gasteiger partial charge in [0.15, 0.2) is 6.04 Å². The molecule has 0 saturated carbocycles. The van der Waals surface area contributed by atoms with Crippen LogP contribution in [0.4, 0.5) is 0 Å². The molecule has 22 heavy (non-hydrogen) atoms. The van der Waals surface area contributed by atoms with Gasteiger partial charge >= 0.3 is 5.97 Å². The van der Waals surface area contributed by atoms with Crippen LogP contribution in [0.2, 0.25) is 0 Å². The molecule has 0 aliphatic rings. The van der Waals surface area contributed by atoms with Gasteiger partial charge in [0.1, 0.15) is 5.52 Å². The maximum atomic E-state index is 12.5. The van der Waals surface area contributed by atoms with E-state index in [0.29, 0.717) is 10.9 Å². The van der Waals surface area contributed by atoms with Gasteiger partial charge in [-0.1, -0.05) is 47.7 Å². The number of carboxylic acid groups (broad SMARTS) is 1. The third-order valence-corrected chi connectivity index (χ3v) is 3.44. The van der Waals surface area contributed by atoms with Crippen molar-refractivity contribution in [2.45, 2.75) is 12.5 Å². The standard InChI is InChI=1S/C16H13N3O3/c20-15-12-8-4-5-9-13(12)17-18-19(15)14(16(21)22)10-11-6-2-1-3-7-11/h1-9,14H,10H2,(H,21,22)/t14-/m0/s1. The number of carbonyl (C=O) groups is 1. The Morgan fingerprint density at radius 3 is 2.50 bits per heavy atom. The molecule has 0 bridgehead atoms. The minimum absolute atomic E-state index is 0.170. The lowest BCUT2D eigenvalue weighted by Gasteiger charge is -2.14. The van der Waals surface area contributed by atoms with E-state index in [1.54, 1.807) is 24.3 Å². The summed E-state index contributed by atoms with van der Waals surface area (Å²) in [6, 6.07) is 14.8. The van der Waals surface area contributed by atoms with Gasteiger partial charge in [-0.05, 0) is 17.7 Å². The van der Waals surface area contributed by atoms with E-state index in [4.69, 9.17) is 0 Å². The lowest BCUT2D eigenvalue weighted by Crippen LogP contribution is -2.34. The van der Waals surface area contributed by atoms with Crippen molar-refractivity contribution in [3.8, 4) is 0 Å². The van der Waals surface area contributed by atoms with Gasteiger partial charge in [-0.15, -0.1) is 5.10 Å². The van der Waals surface area contributed by atoms with Crippen LogP contribution in [0.15, 0.2) is 59.4 Å². The molecule has 0 saturated heterocycles. The molecule has 1 heterocycles. The van der Waals surface area contributed by atoms with Crippen LogP contribution in [0.3, 0.4) is 0 Å². The van der Waals surface area contributed by atoms with Crippen molar-refractivity contribution >= 4 is 16.9 Å². The van der Waals surface area contributed by atoms with E-state index >= 15 is 0 Å². The highest BCUT2D eigenvalue weighted by Crippen LogP contribution is 2.13. The fourth-order valence-electron chi connectivity index (χ4n) is 2.32. The molecule has 1 atom stereocenters. The molecule has 0 spiro atoms. The third-order valence-electron chi connectivity index (χ3n) is 3.44. The molecule has 6 nitrogen and oxygen atoms in total. The molecule has 1 aromatic heterocycles. The Morgan fingerprint density at radius 2 is 1.77 bits per heavy atom. The molecule has 0 aliphatic heterocycles. The molecule has 3 rings (SSSR count). The highest BCUT2D eigenvalue weighted by molar-refractivity contribution is 5.77. The number of hydrogen-bond donors (Lipinski definition) is 1. The van der Waals surface area contributed by atoms with Crippen LogP contribution in [0.5, 0.6) is 0 Å². The van der Waals surface area contributed by atoms with Crippen molar-refractivity contribution in [2.24, 2.45) is 0 Å². The van der Waals surface area contributed by atoms with Crippen LogP contribution in [-0.2, 0) is 11.2 Å². The smallest absolute Gasteiger partial charge is 0.329 e. The topological polar surface area (TPSA) is 85.1 Å². The van der Waals surface area contributed by atoms with Crippen LogP contribution in [0, 0.1) is 0 Å². The molecule has 0 unspecified atom stereocenters. The highest BCUT2D eigenvalue weighted by Gasteiger charge is 2.23. The van der Waals surface area contributed by atoms with Gasteiger partial charge in [0.05, 0.1) is 5.39 Å². The van der Waals surface area contributed by atoms with Crippen LogP contribution in [-0.4, -0.2) is 26.1 Å². The van der Waals surface area contributed by atoms with Crippen molar-refractivity contribution in [2.75, 3.05) is 0 Å². The summed E-state index contributed by atoms with van der Waals surface area (Å²) >= 11 is 0. The van der Waals surface area contributed by atoms with E-state index in [0.717, 1.165) is 10.2 Å². The first kappa shape index (κ1) is 13.9. The average Bonchev–Trinajstić information content (AvgIpc) is 2.54. The van der Waals surface area contributed by atoms with E-state index < -0.39 is 17.6 Å². The summed E-state index contributed by atoms with van der Waals surface area (Å²) in [4.78, 5) is 24.0. The van der Waals surface area contributed by atoms with Crippen LogP contribution < -0.4 is 5.56 Å². The molecular weight excluding hydrogens is 282 g/mol. The van der Waals surface area contributed by atoms with Crippen molar-refractivity contribution in [1.29, 1.82) is 0 Å². The molecule has 0 aliphatic carbocycles. The maximum absolute atomic E-state index is 12.5. The predicted octanol–water partition coefficient (Wildman–Crippen LogP) is 1.66. The second-order valence-corrected chi connectivity index (χ2v) is 4.90. The number of aliphatic carboxylic acids is 1. The van der Waals surface area contributed by atoms with Crippen molar-refractivity contribution in [3.63, 3.8) is 0 Å². The minimum Gasteiger partial charge on any atom is -0.480 e. The predicted molar refractivity (Wildman–Crippen MR) is 80.6 cm³/mol. The quantitative estimate of drug-likeness (QED) is 0.791. The molecule has 3 aromatic rings. The second kappa shape index (κ2) is 5.77. The van der Waals surface area contributed by atoms with Gasteiger partial charge in [0.25, 0.3) is 5.56 Å². The zero-order valence-corrected chi connectivity index (χ0v) is 11.6. The molecule has 2 aromatic carbocycles. The third kappa shape index (κ3) is 2.58. The number of fused-ring (bicyclic) bond motifs is 1. The van der Waals surface area contributed by atoms with Gasteiger partial charge in [-0.25, -0.2) is 4.79 Å². The number of aromatic nitrogens is 3. The Morgan fingerprint density at radius 1 is 1.09 bits per heavy atom. The van der Waals surface area contributed by atoms with E-state index in [2.05, 4.69) is 10.3 Å². The summed E-state index contributed by atoms with van der Waals surface area (Å²) in [5, 5.41) is 17.5. The summed E-state index contributed by atoms with van der Waals surface area (Å²) in [5.41, 5.74) is 0.818. The van der Waals surface area contributed by atoms with Crippen molar-refractivity contribution in [3.05, 3.63) is 70.5 Å². The fraction of sp³-hybridized carbons (Fsp3) is 0.125. The van der Waals surface area contributed by atoms with E-state index in [9.17, 15) is 14.7 Å². The van der Waals surface area contributed by atoms with Gasteiger partial charge in [-0.3, -0.25) is 4.79 Å². The van der Waals surface area contributed by atoms with Gasteiger partial charge in [0.2, 0.25) is 0 Å². The molecule has 0 radical (unpaired) electrons. The summed E-state index contributed by atoms with van der Waals surface area (Å²) in [6.07, 6.45) is 0.170. The first-order valence-corrected chi connectivity index (χ1v) is 6.78. The van der Waals surface area contributed by atoms with Crippen molar-refractivity contribution in [1.82, 2.24) is 15.0 Å². The van der Waals surface area contributed by atoms with E-state index in [1.807, 2.05) is 30.3 Å². The van der Waals surface area contributed by atoms with Crippen LogP contribution in [0.25, 0.3) is 10.9 Å². The SMILES string of the molecule is O=C(O)[C@H](Cc1ccccc1)n1nnc2ccccc2c1=O. The monoisotopic (exact) mass is 295 g/mol. The average molecular weight is 295 g/mol. The Labute approximate surface area is 125 Å². The zero-order chi connectivity index (χ0) is 15.5. The van der Waals surface area contributed by atoms with E-state index in [-0.39, 0.29) is 6.42 Å². The van der Waals surface area contributed by atoms with Crippen LogP contribution >= 0.6 is 0 Å². The zero-order valence-electron chi connectivity index (χ0n) is 11.6.